The Balaban J connectivity index is 1.95. The van der Waals surface area contributed by atoms with E-state index in [1.165, 1.54) is 24.0 Å². The number of rotatable bonds is 4. The third kappa shape index (κ3) is 4.55. The monoisotopic (exact) mass is 306 g/mol. The van der Waals surface area contributed by atoms with Crippen LogP contribution < -0.4 is 0 Å². The van der Waals surface area contributed by atoms with Crippen LogP contribution in [0.25, 0.3) is 0 Å². The highest BCUT2D eigenvalue weighted by Gasteiger charge is 2.23. The van der Waals surface area contributed by atoms with Gasteiger partial charge in [0, 0.05) is 26.6 Å². The van der Waals surface area contributed by atoms with Gasteiger partial charge in [-0.1, -0.05) is 19.1 Å². The molecule has 0 atom stereocenters. The van der Waals surface area contributed by atoms with Crippen LogP contribution >= 0.6 is 0 Å². The fourth-order valence-electron chi connectivity index (χ4n) is 2.61. The van der Waals surface area contributed by atoms with Crippen LogP contribution in [-0.2, 0) is 16.1 Å². The molecule has 0 bridgehead atoms. The molecular formula is C17H23FN2O2. The molecular weight excluding hydrogens is 283 g/mol. The number of benzene rings is 1. The first-order valence-electron chi connectivity index (χ1n) is 7.73. The molecule has 0 unspecified atom stereocenters. The number of amides is 2. The number of carbonyl (C=O) groups excluding carboxylic acids is 2. The first-order valence-corrected chi connectivity index (χ1v) is 7.73. The molecule has 1 aliphatic rings. The quantitative estimate of drug-likeness (QED) is 0.857. The molecule has 4 nitrogen and oxygen atoms in total. The fraction of sp³-hybridized carbons (Fsp3) is 0.529. The first-order chi connectivity index (χ1) is 10.5. The number of likely N-dealkylation sites (tertiary alicyclic amines) is 1. The van der Waals surface area contributed by atoms with E-state index in [0.29, 0.717) is 12.5 Å². The van der Waals surface area contributed by atoms with E-state index in [2.05, 4.69) is 6.92 Å². The van der Waals surface area contributed by atoms with E-state index in [-0.39, 0.29) is 24.2 Å². The minimum atomic E-state index is -0.309. The van der Waals surface area contributed by atoms with E-state index < -0.39 is 0 Å². The van der Waals surface area contributed by atoms with Crippen molar-refractivity contribution < 1.29 is 14.0 Å². The summed E-state index contributed by atoms with van der Waals surface area (Å²) in [5, 5.41) is 0. The molecule has 1 aliphatic heterocycles. The van der Waals surface area contributed by atoms with Crippen molar-refractivity contribution in [2.75, 3.05) is 19.6 Å². The van der Waals surface area contributed by atoms with Gasteiger partial charge in [-0.3, -0.25) is 9.59 Å². The van der Waals surface area contributed by atoms with Crippen molar-refractivity contribution in [2.24, 2.45) is 5.92 Å². The molecule has 1 saturated heterocycles. The van der Waals surface area contributed by atoms with Crippen molar-refractivity contribution in [3.05, 3.63) is 35.6 Å². The van der Waals surface area contributed by atoms with Gasteiger partial charge in [-0.05, 0) is 36.5 Å². The van der Waals surface area contributed by atoms with Crippen LogP contribution in [0.15, 0.2) is 24.3 Å². The van der Waals surface area contributed by atoms with Gasteiger partial charge < -0.3 is 9.80 Å². The number of hydrogen-bond donors (Lipinski definition) is 0. The molecule has 1 fully saturated rings. The maximum absolute atomic E-state index is 12.9. The Morgan fingerprint density at radius 1 is 1.23 bits per heavy atom. The minimum absolute atomic E-state index is 0.00999. The van der Waals surface area contributed by atoms with Gasteiger partial charge in [0.2, 0.25) is 11.8 Å². The van der Waals surface area contributed by atoms with Crippen LogP contribution in [0, 0.1) is 11.7 Å². The summed E-state index contributed by atoms with van der Waals surface area (Å²) in [4.78, 5) is 27.4. The predicted molar refractivity (Wildman–Crippen MR) is 82.5 cm³/mol. The lowest BCUT2D eigenvalue weighted by Crippen LogP contribution is -2.44. The van der Waals surface area contributed by atoms with Crippen molar-refractivity contribution in [3.63, 3.8) is 0 Å². The van der Waals surface area contributed by atoms with E-state index in [1.807, 2.05) is 4.90 Å². The number of halogens is 1. The molecule has 1 aromatic rings. The first kappa shape index (κ1) is 16.5. The topological polar surface area (TPSA) is 40.6 Å². The van der Waals surface area contributed by atoms with Crippen molar-refractivity contribution >= 4 is 11.8 Å². The standard InChI is InChI=1S/C17H23FN2O2/c1-13-7-9-19(10-8-13)17(22)12-20(14(2)21)11-15-3-5-16(18)6-4-15/h3-6,13H,7-12H2,1-2H3. The molecule has 120 valence electrons. The summed E-state index contributed by atoms with van der Waals surface area (Å²) in [6.45, 7) is 5.59. The van der Waals surface area contributed by atoms with Crippen LogP contribution in [0.3, 0.4) is 0 Å². The second-order valence-corrected chi connectivity index (χ2v) is 6.06. The normalized spacial score (nSPS) is 15.7. The van der Waals surface area contributed by atoms with Gasteiger partial charge in [-0.25, -0.2) is 4.39 Å². The summed E-state index contributed by atoms with van der Waals surface area (Å²) in [6, 6.07) is 6.00. The lowest BCUT2D eigenvalue weighted by molar-refractivity contribution is -0.140. The van der Waals surface area contributed by atoms with E-state index >= 15 is 0 Å². The Morgan fingerprint density at radius 2 is 1.82 bits per heavy atom. The molecule has 0 aliphatic carbocycles. The van der Waals surface area contributed by atoms with E-state index in [1.54, 1.807) is 12.1 Å². The Hall–Kier alpha value is -1.91. The second-order valence-electron chi connectivity index (χ2n) is 6.06. The van der Waals surface area contributed by atoms with Gasteiger partial charge in [-0.15, -0.1) is 0 Å². The SMILES string of the molecule is CC(=O)N(CC(=O)N1CCC(C)CC1)Cc1ccc(F)cc1. The maximum atomic E-state index is 12.9. The third-order valence-corrected chi connectivity index (χ3v) is 4.19. The molecule has 2 amide bonds. The molecule has 1 aromatic carbocycles. The van der Waals surface area contributed by atoms with E-state index in [9.17, 15) is 14.0 Å². The number of hydrogen-bond acceptors (Lipinski definition) is 2. The molecule has 0 radical (unpaired) electrons. The Morgan fingerprint density at radius 3 is 2.36 bits per heavy atom. The van der Waals surface area contributed by atoms with Gasteiger partial charge in [0.05, 0.1) is 0 Å². The number of carbonyl (C=O) groups is 2. The van der Waals surface area contributed by atoms with Crippen LogP contribution in [0.2, 0.25) is 0 Å². The molecule has 2 rings (SSSR count). The summed E-state index contributed by atoms with van der Waals surface area (Å²) in [5.41, 5.74) is 0.816. The summed E-state index contributed by atoms with van der Waals surface area (Å²) in [6.07, 6.45) is 2.04. The van der Waals surface area contributed by atoms with Gasteiger partial charge >= 0.3 is 0 Å². The lowest BCUT2D eigenvalue weighted by atomic mass is 9.99. The number of nitrogens with zero attached hydrogens (tertiary/aromatic N) is 2. The highest BCUT2D eigenvalue weighted by atomic mass is 19.1. The molecule has 22 heavy (non-hydrogen) atoms. The highest BCUT2D eigenvalue weighted by molar-refractivity contribution is 5.83. The molecule has 1 heterocycles. The minimum Gasteiger partial charge on any atom is -0.341 e. The summed E-state index contributed by atoms with van der Waals surface area (Å²) in [5.74, 6) is 0.191. The summed E-state index contributed by atoms with van der Waals surface area (Å²) in [7, 11) is 0. The molecule has 0 aromatic heterocycles. The Bertz CT molecular complexity index is 522. The smallest absolute Gasteiger partial charge is 0.242 e. The van der Waals surface area contributed by atoms with Crippen LogP contribution in [-0.4, -0.2) is 41.2 Å². The molecule has 0 saturated carbocycles. The van der Waals surface area contributed by atoms with Gasteiger partial charge in [-0.2, -0.15) is 0 Å². The van der Waals surface area contributed by atoms with Crippen molar-refractivity contribution in [1.82, 2.24) is 9.80 Å². The summed E-state index contributed by atoms with van der Waals surface area (Å²) < 4.78 is 12.9. The van der Waals surface area contributed by atoms with Crippen LogP contribution in [0.5, 0.6) is 0 Å². The predicted octanol–water partition coefficient (Wildman–Crippen LogP) is 2.43. The number of piperidine rings is 1. The van der Waals surface area contributed by atoms with Crippen molar-refractivity contribution in [3.8, 4) is 0 Å². The van der Waals surface area contributed by atoms with Crippen molar-refractivity contribution in [1.29, 1.82) is 0 Å². The van der Waals surface area contributed by atoms with Gasteiger partial charge in [0.1, 0.15) is 12.4 Å². The average Bonchev–Trinajstić information content (AvgIpc) is 2.49. The van der Waals surface area contributed by atoms with Crippen molar-refractivity contribution in [2.45, 2.75) is 33.2 Å². The van der Waals surface area contributed by atoms with E-state index in [0.717, 1.165) is 31.5 Å². The Kier molecular flexibility index (Phi) is 5.52. The summed E-state index contributed by atoms with van der Waals surface area (Å²) >= 11 is 0. The van der Waals surface area contributed by atoms with Crippen LogP contribution in [0.1, 0.15) is 32.3 Å². The lowest BCUT2D eigenvalue weighted by Gasteiger charge is -2.32. The van der Waals surface area contributed by atoms with Gasteiger partial charge in [0.25, 0.3) is 0 Å². The second kappa shape index (κ2) is 7.38. The zero-order chi connectivity index (χ0) is 16.1. The van der Waals surface area contributed by atoms with Crippen LogP contribution in [0.4, 0.5) is 4.39 Å². The highest BCUT2D eigenvalue weighted by Crippen LogP contribution is 2.16. The largest absolute Gasteiger partial charge is 0.341 e. The van der Waals surface area contributed by atoms with Gasteiger partial charge in [0.15, 0.2) is 0 Å². The zero-order valence-electron chi connectivity index (χ0n) is 13.2. The molecule has 0 N–H and O–H groups in total. The maximum Gasteiger partial charge on any atom is 0.242 e. The Labute approximate surface area is 130 Å². The molecule has 5 heteroatoms. The fourth-order valence-corrected chi connectivity index (χ4v) is 2.61. The third-order valence-electron chi connectivity index (χ3n) is 4.19. The zero-order valence-corrected chi connectivity index (χ0v) is 13.2. The van der Waals surface area contributed by atoms with E-state index in [4.69, 9.17) is 0 Å². The molecule has 0 spiro atoms. The average molecular weight is 306 g/mol.